The second kappa shape index (κ2) is 2.67. The topological polar surface area (TPSA) is 58.6 Å². The summed E-state index contributed by atoms with van der Waals surface area (Å²) < 4.78 is 0.424. The molecule has 0 aliphatic rings. The van der Waals surface area contributed by atoms with Crippen LogP contribution in [-0.4, -0.2) is 15.0 Å². The van der Waals surface area contributed by atoms with Crippen LogP contribution in [-0.2, 0) is 0 Å². The van der Waals surface area contributed by atoms with Crippen molar-refractivity contribution in [1.29, 1.82) is 0 Å². The highest BCUT2D eigenvalue weighted by Gasteiger charge is 2.00. The van der Waals surface area contributed by atoms with E-state index in [-0.39, 0.29) is 5.56 Å². The van der Waals surface area contributed by atoms with Crippen molar-refractivity contribution in [3.05, 3.63) is 33.4 Å². The fourth-order valence-electron chi connectivity index (χ4n) is 0.949. The summed E-state index contributed by atoms with van der Waals surface area (Å²) in [5.74, 6) is 0. The van der Waals surface area contributed by atoms with Crippen molar-refractivity contribution >= 4 is 27.0 Å². The summed E-state index contributed by atoms with van der Waals surface area (Å²) >= 11 is 3.09. The van der Waals surface area contributed by atoms with Gasteiger partial charge in [0.25, 0.3) is 5.56 Å². The van der Waals surface area contributed by atoms with Crippen LogP contribution in [0.2, 0.25) is 0 Å². The average Bonchev–Trinajstić information content (AvgIpc) is 2.04. The van der Waals surface area contributed by atoms with Crippen molar-refractivity contribution in [1.82, 2.24) is 15.0 Å². The Balaban J connectivity index is 2.99. The lowest BCUT2D eigenvalue weighted by molar-refractivity contribution is 1.10. The first-order chi connectivity index (χ1) is 5.77. The molecule has 0 saturated carbocycles. The van der Waals surface area contributed by atoms with Crippen LogP contribution < -0.4 is 5.56 Å². The highest BCUT2D eigenvalue weighted by atomic mass is 79.9. The van der Waals surface area contributed by atoms with Crippen molar-refractivity contribution in [3.63, 3.8) is 0 Å². The largest absolute Gasteiger partial charge is 0.299 e. The van der Waals surface area contributed by atoms with Crippen molar-refractivity contribution in [2.45, 2.75) is 0 Å². The molecule has 0 aromatic carbocycles. The molecule has 4 nitrogen and oxygen atoms in total. The third-order valence-corrected chi connectivity index (χ3v) is 1.81. The molecule has 0 aliphatic carbocycles. The molecule has 0 amide bonds. The molecule has 0 fully saturated rings. The lowest BCUT2D eigenvalue weighted by Crippen LogP contribution is -2.09. The maximum absolute atomic E-state index is 11.2. The molecule has 60 valence electrons. The molecular weight excluding hydrogens is 222 g/mol. The Hall–Kier alpha value is -1.23. The molecule has 2 aromatic rings. The lowest BCUT2D eigenvalue weighted by Gasteiger charge is -1.94. The average molecular weight is 226 g/mol. The fourth-order valence-corrected chi connectivity index (χ4v) is 1.32. The number of nitrogens with one attached hydrogen (secondary N) is 1. The van der Waals surface area contributed by atoms with Crippen molar-refractivity contribution in [3.8, 4) is 0 Å². The van der Waals surface area contributed by atoms with Gasteiger partial charge in [0.15, 0.2) is 10.3 Å². The Morgan fingerprint density at radius 3 is 3.17 bits per heavy atom. The molecule has 0 aliphatic heterocycles. The summed E-state index contributed by atoms with van der Waals surface area (Å²) in [6, 6.07) is 3.48. The molecule has 0 radical (unpaired) electrons. The van der Waals surface area contributed by atoms with Gasteiger partial charge in [-0.05, 0) is 28.1 Å². The molecule has 0 atom stereocenters. The normalized spacial score (nSPS) is 10.4. The zero-order chi connectivity index (χ0) is 8.55. The quantitative estimate of drug-likeness (QED) is 0.683. The van der Waals surface area contributed by atoms with E-state index in [0.717, 1.165) is 0 Å². The molecule has 0 unspecified atom stereocenters. The number of aromatic nitrogens is 3. The summed E-state index contributed by atoms with van der Waals surface area (Å²) in [6.45, 7) is 0. The summed E-state index contributed by atoms with van der Waals surface area (Å²) in [6.07, 6.45) is 1.56. The number of halogens is 1. The van der Waals surface area contributed by atoms with Gasteiger partial charge in [0.2, 0.25) is 0 Å². The first-order valence-electron chi connectivity index (χ1n) is 3.28. The monoisotopic (exact) mass is 225 g/mol. The maximum atomic E-state index is 11.2. The van der Waals surface area contributed by atoms with Gasteiger partial charge in [0.05, 0.1) is 5.52 Å². The number of fused-ring (bicyclic) bond motifs is 1. The van der Waals surface area contributed by atoms with Crippen LogP contribution in [0.4, 0.5) is 0 Å². The first-order valence-corrected chi connectivity index (χ1v) is 4.07. The minimum atomic E-state index is -0.229. The fraction of sp³-hybridized carbons (Fsp3) is 0. The smallest absolute Gasteiger partial charge is 0.278 e. The van der Waals surface area contributed by atoms with Crippen LogP contribution in [0.1, 0.15) is 0 Å². The van der Waals surface area contributed by atoms with Crippen molar-refractivity contribution in [2.75, 3.05) is 0 Å². The molecule has 0 bridgehead atoms. The summed E-state index contributed by atoms with van der Waals surface area (Å²) in [4.78, 5) is 21.6. The molecule has 0 saturated heterocycles. The Labute approximate surface area is 75.8 Å². The summed E-state index contributed by atoms with van der Waals surface area (Å²) in [5.41, 5.74) is 0.723. The molecule has 2 rings (SSSR count). The third kappa shape index (κ3) is 1.12. The Kier molecular flexibility index (Phi) is 1.65. The van der Waals surface area contributed by atoms with Gasteiger partial charge in [-0.15, -0.1) is 0 Å². The minimum Gasteiger partial charge on any atom is -0.299 e. The van der Waals surface area contributed by atoms with Crippen LogP contribution in [0, 0.1) is 0 Å². The highest BCUT2D eigenvalue weighted by Crippen LogP contribution is 2.05. The number of hydrogen-bond acceptors (Lipinski definition) is 3. The third-order valence-electron chi connectivity index (χ3n) is 1.44. The Morgan fingerprint density at radius 2 is 2.33 bits per heavy atom. The van der Waals surface area contributed by atoms with E-state index >= 15 is 0 Å². The van der Waals surface area contributed by atoms with Gasteiger partial charge < -0.3 is 0 Å². The van der Waals surface area contributed by atoms with Crippen molar-refractivity contribution < 1.29 is 0 Å². The molecule has 2 aromatic heterocycles. The van der Waals surface area contributed by atoms with Gasteiger partial charge in [-0.2, -0.15) is 0 Å². The van der Waals surface area contributed by atoms with E-state index in [4.69, 9.17) is 0 Å². The predicted molar refractivity (Wildman–Crippen MR) is 47.9 cm³/mol. The number of aromatic amines is 1. The van der Waals surface area contributed by atoms with Gasteiger partial charge in [-0.25, -0.2) is 9.97 Å². The second-order valence-electron chi connectivity index (χ2n) is 2.23. The molecule has 12 heavy (non-hydrogen) atoms. The number of H-pyrrole nitrogens is 1. The van der Waals surface area contributed by atoms with E-state index in [9.17, 15) is 4.79 Å². The minimum absolute atomic E-state index is 0.229. The molecule has 0 spiro atoms. The van der Waals surface area contributed by atoms with E-state index in [1.807, 2.05) is 0 Å². The van der Waals surface area contributed by atoms with E-state index in [1.54, 1.807) is 18.3 Å². The number of hydrogen-bond donors (Lipinski definition) is 1. The number of pyridine rings is 1. The zero-order valence-corrected chi connectivity index (χ0v) is 7.50. The number of rotatable bonds is 0. The van der Waals surface area contributed by atoms with Gasteiger partial charge in [0.1, 0.15) is 0 Å². The van der Waals surface area contributed by atoms with Crippen LogP contribution in [0.5, 0.6) is 0 Å². The van der Waals surface area contributed by atoms with E-state index < -0.39 is 0 Å². The highest BCUT2D eigenvalue weighted by molar-refractivity contribution is 9.10. The Morgan fingerprint density at radius 1 is 1.50 bits per heavy atom. The number of nitrogens with zero attached hydrogens (tertiary/aromatic N) is 2. The van der Waals surface area contributed by atoms with Gasteiger partial charge in [-0.1, -0.05) is 0 Å². The summed E-state index contributed by atoms with van der Waals surface area (Å²) in [7, 11) is 0. The van der Waals surface area contributed by atoms with Crippen molar-refractivity contribution in [2.24, 2.45) is 0 Å². The molecule has 5 heteroatoms. The summed E-state index contributed by atoms with van der Waals surface area (Å²) in [5, 5.41) is 0. The molecule has 2 heterocycles. The maximum Gasteiger partial charge on any atom is 0.278 e. The van der Waals surface area contributed by atoms with Crippen LogP contribution in [0.25, 0.3) is 11.0 Å². The van der Waals surface area contributed by atoms with Crippen LogP contribution in [0.15, 0.2) is 27.9 Å². The zero-order valence-electron chi connectivity index (χ0n) is 5.91. The lowest BCUT2D eigenvalue weighted by atomic mass is 10.4. The van der Waals surface area contributed by atoms with Crippen LogP contribution in [0.3, 0.4) is 0 Å². The molecule has 1 N–H and O–H groups in total. The molecular formula is C7H4BrN3O. The predicted octanol–water partition coefficient (Wildman–Crippen LogP) is 1.08. The standard InChI is InChI=1S/C7H4BrN3O/c8-7-10-4-2-1-3-9-5(4)6(12)11-7/h1-3H,(H,10,11,12). The SMILES string of the molecule is O=c1[nH]c(Br)nc2cccnc12. The van der Waals surface area contributed by atoms with E-state index in [1.165, 1.54) is 0 Å². The van der Waals surface area contributed by atoms with Gasteiger partial charge in [-0.3, -0.25) is 9.78 Å². The van der Waals surface area contributed by atoms with Gasteiger partial charge >= 0.3 is 0 Å². The first kappa shape index (κ1) is 7.42. The van der Waals surface area contributed by atoms with E-state index in [2.05, 4.69) is 30.9 Å². The Bertz CT molecular complexity index is 479. The van der Waals surface area contributed by atoms with Gasteiger partial charge in [0, 0.05) is 6.20 Å². The second-order valence-corrected chi connectivity index (χ2v) is 2.98. The van der Waals surface area contributed by atoms with E-state index in [0.29, 0.717) is 15.8 Å². The van der Waals surface area contributed by atoms with Crippen LogP contribution >= 0.6 is 15.9 Å².